The largest absolute Gasteiger partial charge is 0.340 e. The van der Waals surface area contributed by atoms with E-state index >= 15 is 0 Å². The van der Waals surface area contributed by atoms with E-state index < -0.39 is 0 Å². The van der Waals surface area contributed by atoms with E-state index in [1.54, 1.807) is 35.6 Å². The van der Waals surface area contributed by atoms with Gasteiger partial charge in [0, 0.05) is 50.4 Å². The summed E-state index contributed by atoms with van der Waals surface area (Å²) in [6.07, 6.45) is 2.71. The lowest BCUT2D eigenvalue weighted by molar-refractivity contribution is -0.133. The van der Waals surface area contributed by atoms with E-state index in [2.05, 4.69) is 10.3 Å². The first-order valence-corrected chi connectivity index (χ1v) is 11.4. The average Bonchev–Trinajstić information content (AvgIpc) is 3.47. The van der Waals surface area contributed by atoms with Gasteiger partial charge in [-0.25, -0.2) is 4.98 Å². The molecule has 5 rings (SSSR count). The molecule has 1 saturated heterocycles. The molecule has 2 fully saturated rings. The van der Waals surface area contributed by atoms with Crippen molar-refractivity contribution < 1.29 is 14.4 Å². The number of benzene rings is 1. The Morgan fingerprint density at radius 2 is 1.70 bits per heavy atom. The third-order valence-electron chi connectivity index (χ3n) is 6.08. The first kappa shape index (κ1) is 19.4. The molecule has 0 spiro atoms. The molecule has 3 amide bonds. The molecule has 7 nitrogen and oxygen atoms in total. The third-order valence-corrected chi connectivity index (χ3v) is 6.93. The Kier molecular flexibility index (Phi) is 5.12. The molecule has 30 heavy (non-hydrogen) atoms. The second-order valence-corrected chi connectivity index (χ2v) is 9.10. The second kappa shape index (κ2) is 7.92. The van der Waals surface area contributed by atoms with E-state index in [1.165, 1.54) is 23.4 Å². The highest BCUT2D eigenvalue weighted by Gasteiger charge is 2.35. The zero-order valence-corrected chi connectivity index (χ0v) is 17.6. The number of nitrogens with zero attached hydrogens (tertiary/aromatic N) is 4. The fourth-order valence-corrected chi connectivity index (χ4v) is 5.04. The first-order valence-electron chi connectivity index (χ1n) is 10.5. The molecule has 8 heteroatoms. The van der Waals surface area contributed by atoms with Crippen LogP contribution in [0.5, 0.6) is 0 Å². The third kappa shape index (κ3) is 3.77. The maximum Gasteiger partial charge on any atom is 0.261 e. The average molecular weight is 425 g/mol. The number of rotatable bonds is 6. The summed E-state index contributed by atoms with van der Waals surface area (Å²) in [5, 5.41) is 3.34. The van der Waals surface area contributed by atoms with Crippen molar-refractivity contribution in [2.45, 2.75) is 31.7 Å². The van der Waals surface area contributed by atoms with Crippen LogP contribution in [0.25, 0.3) is 0 Å². The maximum atomic E-state index is 12.6. The minimum atomic E-state index is -0.303. The van der Waals surface area contributed by atoms with Crippen LogP contribution in [0, 0.1) is 0 Å². The monoisotopic (exact) mass is 424 g/mol. The summed E-state index contributed by atoms with van der Waals surface area (Å²) < 4.78 is 0. The van der Waals surface area contributed by atoms with Crippen LogP contribution in [0.4, 0.5) is 0 Å². The summed E-state index contributed by atoms with van der Waals surface area (Å²) in [4.78, 5) is 47.6. The van der Waals surface area contributed by atoms with Crippen LogP contribution in [-0.2, 0) is 11.3 Å². The highest BCUT2D eigenvalue weighted by Crippen LogP contribution is 2.40. The minimum Gasteiger partial charge on any atom is -0.340 e. The molecule has 1 aromatic heterocycles. The summed E-state index contributed by atoms with van der Waals surface area (Å²) in [7, 11) is 0. The van der Waals surface area contributed by atoms with Crippen molar-refractivity contribution in [3.8, 4) is 0 Å². The molecule has 156 valence electrons. The van der Waals surface area contributed by atoms with Gasteiger partial charge in [0.2, 0.25) is 5.91 Å². The van der Waals surface area contributed by atoms with Crippen molar-refractivity contribution in [3.63, 3.8) is 0 Å². The molecule has 0 atom stereocenters. The Balaban J connectivity index is 1.09. The second-order valence-electron chi connectivity index (χ2n) is 8.15. The topological polar surface area (TPSA) is 73.8 Å². The molecule has 3 heterocycles. The van der Waals surface area contributed by atoms with Crippen molar-refractivity contribution in [3.05, 3.63) is 51.5 Å². The van der Waals surface area contributed by atoms with Crippen molar-refractivity contribution in [2.75, 3.05) is 32.7 Å². The molecule has 2 aromatic rings. The first-order chi connectivity index (χ1) is 14.6. The number of thiazole rings is 1. The molecular weight excluding hydrogens is 400 g/mol. The van der Waals surface area contributed by atoms with Gasteiger partial charge in [-0.2, -0.15) is 0 Å². The quantitative estimate of drug-likeness (QED) is 0.666. The number of imide groups is 1. The van der Waals surface area contributed by atoms with Crippen LogP contribution in [0.1, 0.15) is 56.6 Å². The van der Waals surface area contributed by atoms with Crippen molar-refractivity contribution in [2.24, 2.45) is 0 Å². The maximum absolute atomic E-state index is 12.6. The molecule has 2 aliphatic heterocycles. The lowest BCUT2D eigenvalue weighted by Gasteiger charge is -2.34. The summed E-state index contributed by atoms with van der Waals surface area (Å²) >= 11 is 1.73. The van der Waals surface area contributed by atoms with Gasteiger partial charge in [0.1, 0.15) is 5.01 Å². The van der Waals surface area contributed by atoms with E-state index in [0.29, 0.717) is 30.1 Å². The number of carbonyl (C=O) groups is 3. The van der Waals surface area contributed by atoms with Gasteiger partial charge in [0.15, 0.2) is 0 Å². The molecule has 3 aliphatic rings. The van der Waals surface area contributed by atoms with Gasteiger partial charge in [-0.1, -0.05) is 12.1 Å². The molecule has 0 bridgehead atoms. The Morgan fingerprint density at radius 1 is 1.03 bits per heavy atom. The van der Waals surface area contributed by atoms with Gasteiger partial charge >= 0.3 is 0 Å². The Labute approximate surface area is 179 Å². The summed E-state index contributed by atoms with van der Waals surface area (Å²) in [5.74, 6) is 0.0765. The van der Waals surface area contributed by atoms with Gasteiger partial charge < -0.3 is 4.90 Å². The number of piperazine rings is 1. The smallest absolute Gasteiger partial charge is 0.261 e. The van der Waals surface area contributed by atoms with E-state index in [9.17, 15) is 14.4 Å². The Hall–Kier alpha value is -2.58. The molecular formula is C22H24N4O3S. The van der Waals surface area contributed by atoms with Crippen LogP contribution in [0.3, 0.4) is 0 Å². The number of amides is 3. The van der Waals surface area contributed by atoms with E-state index in [4.69, 9.17) is 4.98 Å². The zero-order valence-electron chi connectivity index (χ0n) is 16.7. The standard InChI is InChI=1S/C22H24N4O3S/c27-20(7-8-26-21(28)16-3-1-2-4-17(16)22(26)29)25-11-9-24(10-12-25)13-19-23-18(14-30-19)15-5-6-15/h1-4,14-15H,5-13H2. The predicted molar refractivity (Wildman–Crippen MR) is 112 cm³/mol. The van der Waals surface area contributed by atoms with E-state index in [1.807, 2.05) is 4.90 Å². The van der Waals surface area contributed by atoms with Crippen molar-refractivity contribution in [1.82, 2.24) is 19.7 Å². The van der Waals surface area contributed by atoms with Gasteiger partial charge in [-0.05, 0) is 25.0 Å². The lowest BCUT2D eigenvalue weighted by atomic mass is 10.1. The normalized spacial score (nSPS) is 19.5. The molecule has 0 unspecified atom stereocenters. The van der Waals surface area contributed by atoms with Crippen LogP contribution in [0.15, 0.2) is 29.6 Å². The summed E-state index contributed by atoms with van der Waals surface area (Å²) in [6, 6.07) is 6.81. The number of hydrogen-bond acceptors (Lipinski definition) is 6. The van der Waals surface area contributed by atoms with E-state index in [-0.39, 0.29) is 30.7 Å². The number of carbonyl (C=O) groups excluding carboxylic acids is 3. The summed E-state index contributed by atoms with van der Waals surface area (Å²) in [6.45, 7) is 3.95. The van der Waals surface area contributed by atoms with Gasteiger partial charge in [0.25, 0.3) is 11.8 Å². The molecule has 1 saturated carbocycles. The van der Waals surface area contributed by atoms with Crippen LogP contribution < -0.4 is 0 Å². The summed E-state index contributed by atoms with van der Waals surface area (Å²) in [5.41, 5.74) is 2.10. The Morgan fingerprint density at radius 3 is 2.33 bits per heavy atom. The van der Waals surface area contributed by atoms with Gasteiger partial charge in [0.05, 0.1) is 23.4 Å². The lowest BCUT2D eigenvalue weighted by Crippen LogP contribution is -2.49. The molecule has 0 N–H and O–H groups in total. The van der Waals surface area contributed by atoms with Crippen LogP contribution >= 0.6 is 11.3 Å². The molecule has 1 aliphatic carbocycles. The SMILES string of the molecule is O=C(CCN1C(=O)c2ccccc2C1=O)N1CCN(Cc2nc(C3CC3)cs2)CC1. The highest BCUT2D eigenvalue weighted by molar-refractivity contribution is 7.09. The van der Waals surface area contributed by atoms with Crippen LogP contribution in [-0.4, -0.2) is 70.1 Å². The predicted octanol–water partition coefficient (Wildman–Crippen LogP) is 2.35. The fourth-order valence-electron chi connectivity index (χ4n) is 4.12. The van der Waals surface area contributed by atoms with Crippen molar-refractivity contribution in [1.29, 1.82) is 0 Å². The Bertz CT molecular complexity index is 957. The minimum absolute atomic E-state index is 0.00326. The zero-order chi connectivity index (χ0) is 20.7. The molecule has 1 aromatic carbocycles. The highest BCUT2D eigenvalue weighted by atomic mass is 32.1. The number of hydrogen-bond donors (Lipinski definition) is 0. The van der Waals surface area contributed by atoms with Gasteiger partial charge in [-0.3, -0.25) is 24.2 Å². The van der Waals surface area contributed by atoms with Crippen molar-refractivity contribution >= 4 is 29.1 Å². The van der Waals surface area contributed by atoms with Gasteiger partial charge in [-0.15, -0.1) is 11.3 Å². The fraction of sp³-hybridized carbons (Fsp3) is 0.455. The molecule has 0 radical (unpaired) electrons. The van der Waals surface area contributed by atoms with E-state index in [0.717, 1.165) is 24.6 Å². The number of fused-ring (bicyclic) bond motifs is 1. The number of aromatic nitrogens is 1. The van der Waals surface area contributed by atoms with Crippen LogP contribution in [0.2, 0.25) is 0 Å².